The maximum Gasteiger partial charge on any atom is 0.312 e. The molecule has 7 rings (SSSR count). The first-order valence-electron chi connectivity index (χ1n) is 22.4. The van der Waals surface area contributed by atoms with Crippen LogP contribution in [0.4, 0.5) is 5.69 Å². The van der Waals surface area contributed by atoms with Gasteiger partial charge < -0.3 is 49.8 Å². The van der Waals surface area contributed by atoms with Gasteiger partial charge in [-0.3, -0.25) is 24.3 Å². The number of aliphatic hydroxyl groups excluding tert-OH is 2. The molecule has 1 fully saturated rings. The summed E-state index contributed by atoms with van der Waals surface area (Å²) in [7, 11) is 1.44. The van der Waals surface area contributed by atoms with Gasteiger partial charge in [0.25, 0.3) is 11.7 Å². The number of aromatic hydroxyl groups is 3. The van der Waals surface area contributed by atoms with Crippen LogP contribution in [0.3, 0.4) is 0 Å². The number of benzene rings is 3. The summed E-state index contributed by atoms with van der Waals surface area (Å²) in [6.07, 6.45) is 5.67. The van der Waals surface area contributed by atoms with Gasteiger partial charge in [0.15, 0.2) is 5.75 Å². The first-order chi connectivity index (χ1) is 31.3. The Kier molecular flexibility index (Phi) is 15.5. The predicted octanol–water partition coefficient (Wildman–Crippen LogP) is 6.30. The highest BCUT2D eigenvalue weighted by Gasteiger charge is 2.50. The quantitative estimate of drug-likeness (QED) is 0.0693. The number of carbonyl (C=O) groups excluding carboxylic acids is 3. The highest BCUT2D eigenvalue weighted by Crippen LogP contribution is 2.55. The Balaban J connectivity index is 1.47. The second kappa shape index (κ2) is 20.7. The van der Waals surface area contributed by atoms with E-state index in [1.807, 2.05) is 23.2 Å². The van der Waals surface area contributed by atoms with Crippen molar-refractivity contribution in [1.29, 1.82) is 0 Å². The van der Waals surface area contributed by atoms with Crippen LogP contribution in [-0.4, -0.2) is 123 Å². The van der Waals surface area contributed by atoms with Crippen LogP contribution in [0.5, 0.6) is 23.0 Å². The van der Waals surface area contributed by atoms with Gasteiger partial charge in [-0.1, -0.05) is 76.3 Å². The van der Waals surface area contributed by atoms with Gasteiger partial charge in [-0.2, -0.15) is 5.10 Å². The standard InChI is InChI=1S/C50H64N4O12/c1-27-15-13-16-28(2)49(62)52-40-35(25-51-54-21-14-20-53(22-23-54)26-34-17-11-10-12-18-34)44(59)37-38(45(40)60)43(58)32(6)47-39(37)48(61)50(8,66-47)64-24-19-36(63-9)29(3)46(65-33(7)55)31(5)42(57)30(4)41(27)56/h10-13,15-19,24-25,27,29-31,36,41-42,46,56-60H,14,20-23,26H2,1-9H3,(H,52,62)/b15-13+,24-19+,28-16-,51-25-/t27-,29-,30?,31?,36+,41+,42+,46-,50+/m1/s1. The van der Waals surface area contributed by atoms with E-state index in [1.165, 1.54) is 65.0 Å². The van der Waals surface area contributed by atoms with Crippen molar-refractivity contribution in [3.63, 3.8) is 0 Å². The highest BCUT2D eigenvalue weighted by atomic mass is 16.7. The molecule has 4 heterocycles. The van der Waals surface area contributed by atoms with E-state index < -0.39 is 88.8 Å². The minimum Gasteiger partial charge on any atom is -0.507 e. The number of phenolic OH excluding ortho intramolecular Hbond substituents is 3. The SMILES string of the molecule is CO[C@H]1/C=C/O[C@@]2(C)Oc3c(C)c(O)c4c(O)c(c(/C=N\N5CCCN(Cc6ccccc6)CC5)c(O)c4c3C2=O)NC(=O)/C(C)=C\C=C\[C@@H](C)[C@H](O)C(C)[C@H](O)C(C)[C@H](OC(C)=O)[C@@H]1C. The molecular formula is C50H64N4O12. The molecule has 0 aliphatic carbocycles. The molecular weight excluding hydrogens is 849 g/mol. The zero-order valence-electron chi connectivity index (χ0n) is 39.1. The lowest BCUT2D eigenvalue weighted by Gasteiger charge is -2.38. The van der Waals surface area contributed by atoms with Crippen LogP contribution in [0.1, 0.15) is 81.9 Å². The molecule has 1 amide bonds. The molecule has 2 unspecified atom stereocenters. The molecule has 1 saturated heterocycles. The predicted molar refractivity (Wildman–Crippen MR) is 249 cm³/mol. The molecule has 9 atom stereocenters. The van der Waals surface area contributed by atoms with Gasteiger partial charge >= 0.3 is 11.8 Å². The van der Waals surface area contributed by atoms with Crippen molar-refractivity contribution >= 4 is 40.3 Å². The van der Waals surface area contributed by atoms with Crippen molar-refractivity contribution in [1.82, 2.24) is 9.91 Å². The van der Waals surface area contributed by atoms with Crippen LogP contribution in [0.2, 0.25) is 0 Å². The number of ether oxygens (including phenoxy) is 4. The summed E-state index contributed by atoms with van der Waals surface area (Å²) in [6, 6.07) is 10.1. The number of amides is 1. The molecule has 66 heavy (non-hydrogen) atoms. The number of aliphatic hydroxyl groups is 2. The van der Waals surface area contributed by atoms with E-state index in [9.17, 15) is 39.9 Å². The normalized spacial score (nSPS) is 30.0. The Morgan fingerprint density at radius 1 is 0.924 bits per heavy atom. The Morgan fingerprint density at radius 3 is 2.32 bits per heavy atom. The number of esters is 1. The molecule has 6 N–H and O–H groups in total. The Morgan fingerprint density at radius 2 is 1.64 bits per heavy atom. The number of methoxy groups -OCH3 is 1. The molecule has 0 aromatic heterocycles. The Hall–Kier alpha value is -5.94. The van der Waals surface area contributed by atoms with E-state index in [-0.39, 0.29) is 44.5 Å². The molecule has 16 heteroatoms. The number of phenols is 3. The van der Waals surface area contributed by atoms with Gasteiger partial charge in [-0.15, -0.1) is 0 Å². The van der Waals surface area contributed by atoms with Gasteiger partial charge in [0.1, 0.15) is 23.4 Å². The fourth-order valence-corrected chi connectivity index (χ4v) is 9.08. The molecule has 16 nitrogen and oxygen atoms in total. The lowest BCUT2D eigenvalue weighted by Crippen LogP contribution is -2.46. The van der Waals surface area contributed by atoms with Crippen molar-refractivity contribution in [2.75, 3.05) is 38.6 Å². The number of fused-ring (bicyclic) bond motifs is 14. The van der Waals surface area contributed by atoms with Crippen LogP contribution in [0, 0.1) is 30.6 Å². The van der Waals surface area contributed by atoms with Gasteiger partial charge in [0.05, 0.1) is 53.0 Å². The third kappa shape index (κ3) is 10.2. The van der Waals surface area contributed by atoms with E-state index in [0.29, 0.717) is 19.6 Å². The molecule has 3 aromatic carbocycles. The zero-order valence-corrected chi connectivity index (χ0v) is 39.1. The molecule has 0 radical (unpaired) electrons. The number of anilines is 1. The number of hydrazone groups is 1. The fraction of sp³-hybridized carbons (Fsp3) is 0.480. The third-order valence-corrected chi connectivity index (χ3v) is 13.2. The van der Waals surface area contributed by atoms with E-state index >= 15 is 0 Å². The average Bonchev–Trinajstić information content (AvgIpc) is 3.39. The van der Waals surface area contributed by atoms with Crippen molar-refractivity contribution in [2.45, 2.75) is 98.6 Å². The van der Waals surface area contributed by atoms with Crippen LogP contribution >= 0.6 is 0 Å². The summed E-state index contributed by atoms with van der Waals surface area (Å²) >= 11 is 0. The van der Waals surface area contributed by atoms with Crippen molar-refractivity contribution in [3.8, 4) is 23.0 Å². The Bertz CT molecular complexity index is 2420. The van der Waals surface area contributed by atoms with Crippen LogP contribution in [0.15, 0.2) is 71.6 Å². The maximum atomic E-state index is 14.6. The number of Topliss-reactive ketones (excluding diaryl/α,β-unsaturated/α-hetero) is 1. The van der Waals surface area contributed by atoms with E-state index in [4.69, 9.17) is 24.0 Å². The third-order valence-electron chi connectivity index (χ3n) is 13.2. The van der Waals surface area contributed by atoms with E-state index in [0.717, 1.165) is 19.5 Å². The van der Waals surface area contributed by atoms with E-state index in [1.54, 1.807) is 39.8 Å². The lowest BCUT2D eigenvalue weighted by molar-refractivity contribution is -0.160. The molecule has 0 saturated carbocycles. The van der Waals surface area contributed by atoms with Crippen LogP contribution < -0.4 is 10.1 Å². The second-order valence-electron chi connectivity index (χ2n) is 17.9. The molecule has 356 valence electrons. The number of ketones is 1. The largest absolute Gasteiger partial charge is 0.507 e. The van der Waals surface area contributed by atoms with Gasteiger partial charge in [-0.25, -0.2) is 0 Å². The van der Waals surface area contributed by atoms with Crippen molar-refractivity contribution in [3.05, 3.63) is 88.7 Å². The minimum absolute atomic E-state index is 0.0533. The molecule has 4 aliphatic heterocycles. The molecule has 0 spiro atoms. The van der Waals surface area contributed by atoms with Crippen LogP contribution in [-0.2, 0) is 30.3 Å². The molecule has 3 aromatic rings. The van der Waals surface area contributed by atoms with Gasteiger partial charge in [-0.05, 0) is 31.9 Å². The average molecular weight is 913 g/mol. The Labute approximate surface area is 385 Å². The summed E-state index contributed by atoms with van der Waals surface area (Å²) in [5.74, 6) is -8.41. The maximum absolute atomic E-state index is 14.6. The highest BCUT2D eigenvalue weighted by molar-refractivity contribution is 6.23. The molecule has 5 bridgehead atoms. The smallest absolute Gasteiger partial charge is 0.312 e. The van der Waals surface area contributed by atoms with Crippen molar-refractivity contribution in [2.24, 2.45) is 28.8 Å². The second-order valence-corrected chi connectivity index (χ2v) is 17.9. The number of hydrogen-bond acceptors (Lipinski definition) is 15. The van der Waals surface area contributed by atoms with Crippen LogP contribution in [0.25, 0.3) is 10.8 Å². The first kappa shape index (κ1) is 49.5. The fourth-order valence-electron chi connectivity index (χ4n) is 9.08. The number of allylic oxidation sites excluding steroid dienone is 2. The summed E-state index contributed by atoms with van der Waals surface area (Å²) in [5, 5.41) is 67.8. The summed E-state index contributed by atoms with van der Waals surface area (Å²) in [5.41, 5.74) is 0.823. The summed E-state index contributed by atoms with van der Waals surface area (Å²) < 4.78 is 23.8. The van der Waals surface area contributed by atoms with Gasteiger partial charge in [0.2, 0.25) is 0 Å². The van der Waals surface area contributed by atoms with Gasteiger partial charge in [0, 0.05) is 93.9 Å². The number of hydrogen-bond donors (Lipinski definition) is 6. The lowest BCUT2D eigenvalue weighted by atomic mass is 9.78. The first-order valence-corrected chi connectivity index (χ1v) is 22.4. The number of carbonyl (C=O) groups is 3. The monoisotopic (exact) mass is 912 g/mol. The van der Waals surface area contributed by atoms with E-state index in [2.05, 4.69) is 22.3 Å². The summed E-state index contributed by atoms with van der Waals surface area (Å²) in [4.78, 5) is 43.2. The molecule has 4 aliphatic rings. The number of rotatable bonds is 6. The summed E-state index contributed by atoms with van der Waals surface area (Å²) in [6.45, 7) is 15.9. The zero-order chi connectivity index (χ0) is 48.2. The topological polar surface area (TPSA) is 220 Å². The number of nitrogens with zero attached hydrogens (tertiary/aromatic N) is 3. The van der Waals surface area contributed by atoms with Crippen molar-refractivity contribution < 1.29 is 58.9 Å². The minimum atomic E-state index is -2.06. The number of nitrogens with one attached hydrogen (secondary N) is 1.